The van der Waals surface area contributed by atoms with Gasteiger partial charge in [-0.05, 0) is 32.4 Å². The number of alkyl halides is 4. The molecule has 1 saturated heterocycles. The van der Waals surface area contributed by atoms with Crippen molar-refractivity contribution in [3.63, 3.8) is 0 Å². The van der Waals surface area contributed by atoms with E-state index < -0.39 is 12.1 Å². The van der Waals surface area contributed by atoms with E-state index in [9.17, 15) is 13.2 Å². The highest BCUT2D eigenvalue weighted by molar-refractivity contribution is 9.09. The number of halogens is 4. The van der Waals surface area contributed by atoms with Crippen LogP contribution in [0.25, 0.3) is 0 Å². The molecule has 1 heterocycles. The zero-order chi connectivity index (χ0) is 10.6. The molecule has 5 heteroatoms. The topological polar surface area (TPSA) is 3.24 Å². The van der Waals surface area contributed by atoms with Gasteiger partial charge in [-0.3, -0.25) is 0 Å². The van der Waals surface area contributed by atoms with Crippen LogP contribution in [0.5, 0.6) is 0 Å². The summed E-state index contributed by atoms with van der Waals surface area (Å²) in [5.74, 6) is -1.11. The lowest BCUT2D eigenvalue weighted by Crippen LogP contribution is -2.42. The van der Waals surface area contributed by atoms with Crippen LogP contribution in [0.4, 0.5) is 13.2 Å². The Bertz CT molecular complexity index is 172. The summed E-state index contributed by atoms with van der Waals surface area (Å²) in [5.41, 5.74) is 0. The van der Waals surface area contributed by atoms with Gasteiger partial charge in [0.05, 0.1) is 5.92 Å². The van der Waals surface area contributed by atoms with E-state index >= 15 is 0 Å². The third-order valence-corrected chi connectivity index (χ3v) is 3.14. The van der Waals surface area contributed by atoms with Crippen LogP contribution in [0.2, 0.25) is 0 Å². The third kappa shape index (κ3) is 3.77. The lowest BCUT2D eigenvalue weighted by molar-refractivity contribution is -0.186. The van der Waals surface area contributed by atoms with Gasteiger partial charge < -0.3 is 4.90 Å². The fourth-order valence-corrected chi connectivity index (χ4v) is 2.06. The van der Waals surface area contributed by atoms with Crippen molar-refractivity contribution < 1.29 is 13.2 Å². The predicted octanol–water partition coefficient (Wildman–Crippen LogP) is 3.05. The molecule has 0 aliphatic carbocycles. The minimum Gasteiger partial charge on any atom is -0.303 e. The quantitative estimate of drug-likeness (QED) is 0.715. The summed E-state index contributed by atoms with van der Waals surface area (Å²) in [6.07, 6.45) is -2.11. The number of likely N-dealkylation sites (tertiary alicyclic amines) is 1. The van der Waals surface area contributed by atoms with E-state index in [1.165, 1.54) is 0 Å². The van der Waals surface area contributed by atoms with E-state index in [0.717, 1.165) is 24.8 Å². The second-order valence-corrected chi connectivity index (χ2v) is 4.52. The molecule has 1 rings (SSSR count). The lowest BCUT2D eigenvalue weighted by Gasteiger charge is -2.33. The highest BCUT2D eigenvalue weighted by atomic mass is 79.9. The van der Waals surface area contributed by atoms with Crippen molar-refractivity contribution in [1.82, 2.24) is 4.90 Å². The first-order chi connectivity index (χ1) is 6.54. The molecular formula is C9H15BrF3N. The molecule has 1 nitrogen and oxygen atoms in total. The highest BCUT2D eigenvalue weighted by Gasteiger charge is 2.41. The van der Waals surface area contributed by atoms with Gasteiger partial charge in [-0.15, -0.1) is 0 Å². The molecule has 0 bridgehead atoms. The third-order valence-electron chi connectivity index (χ3n) is 2.58. The van der Waals surface area contributed by atoms with Crippen molar-refractivity contribution in [3.05, 3.63) is 0 Å². The predicted molar refractivity (Wildman–Crippen MR) is 53.6 cm³/mol. The summed E-state index contributed by atoms with van der Waals surface area (Å²) in [4.78, 5) is 1.92. The minimum absolute atomic E-state index is 0.191. The first-order valence-corrected chi connectivity index (χ1v) is 6.01. The van der Waals surface area contributed by atoms with Crippen LogP contribution in [0.1, 0.15) is 19.3 Å². The molecule has 1 unspecified atom stereocenters. The van der Waals surface area contributed by atoms with E-state index in [1.807, 2.05) is 4.90 Å². The summed E-state index contributed by atoms with van der Waals surface area (Å²) in [5, 5.41) is 0.861. The van der Waals surface area contributed by atoms with E-state index in [0.29, 0.717) is 12.8 Å². The molecule has 14 heavy (non-hydrogen) atoms. The van der Waals surface area contributed by atoms with Gasteiger partial charge in [0.25, 0.3) is 0 Å². The molecule has 0 amide bonds. The van der Waals surface area contributed by atoms with Crippen LogP contribution in [0.3, 0.4) is 0 Å². The largest absolute Gasteiger partial charge is 0.393 e. The van der Waals surface area contributed by atoms with Crippen molar-refractivity contribution in [2.45, 2.75) is 25.4 Å². The summed E-state index contributed by atoms with van der Waals surface area (Å²) >= 11 is 3.28. The van der Waals surface area contributed by atoms with Crippen molar-refractivity contribution in [2.24, 2.45) is 5.92 Å². The molecule has 0 saturated carbocycles. The van der Waals surface area contributed by atoms with Gasteiger partial charge in [0.2, 0.25) is 0 Å². The molecule has 1 fully saturated rings. The molecule has 0 aromatic heterocycles. The molecule has 0 N–H and O–H groups in total. The first-order valence-electron chi connectivity index (χ1n) is 4.89. The lowest BCUT2D eigenvalue weighted by atomic mass is 9.97. The number of piperidine rings is 1. The van der Waals surface area contributed by atoms with Crippen LogP contribution in [0.15, 0.2) is 0 Å². The first kappa shape index (κ1) is 12.3. The van der Waals surface area contributed by atoms with Crippen LogP contribution in [-0.2, 0) is 0 Å². The zero-order valence-corrected chi connectivity index (χ0v) is 9.57. The second kappa shape index (κ2) is 5.35. The summed E-state index contributed by atoms with van der Waals surface area (Å²) < 4.78 is 37.2. The Morgan fingerprint density at radius 3 is 2.64 bits per heavy atom. The van der Waals surface area contributed by atoms with Gasteiger partial charge in [-0.2, -0.15) is 13.2 Å². The Hall–Kier alpha value is 0.230. The zero-order valence-electron chi connectivity index (χ0n) is 7.99. The van der Waals surface area contributed by atoms with Crippen molar-refractivity contribution in [2.75, 3.05) is 25.0 Å². The molecule has 1 atom stereocenters. The molecule has 0 aromatic carbocycles. The van der Waals surface area contributed by atoms with Gasteiger partial charge in [-0.1, -0.05) is 15.9 Å². The summed E-state index contributed by atoms with van der Waals surface area (Å²) in [6, 6.07) is 0. The standard InChI is InChI=1S/C9H15BrF3N/c10-4-2-6-14-5-1-3-8(7-14)9(11,12)13/h8H,1-7H2. The number of rotatable bonds is 3. The highest BCUT2D eigenvalue weighted by Crippen LogP contribution is 2.32. The van der Waals surface area contributed by atoms with Crippen LogP contribution in [-0.4, -0.2) is 36.0 Å². The maximum Gasteiger partial charge on any atom is 0.393 e. The Morgan fingerprint density at radius 1 is 1.36 bits per heavy atom. The van der Waals surface area contributed by atoms with Crippen molar-refractivity contribution in [1.29, 1.82) is 0 Å². The average molecular weight is 274 g/mol. The van der Waals surface area contributed by atoms with Crippen molar-refractivity contribution >= 4 is 15.9 Å². The smallest absolute Gasteiger partial charge is 0.303 e. The van der Waals surface area contributed by atoms with Gasteiger partial charge in [0.1, 0.15) is 0 Å². The molecular weight excluding hydrogens is 259 g/mol. The van der Waals surface area contributed by atoms with Crippen LogP contribution in [0, 0.1) is 5.92 Å². The SMILES string of the molecule is FC(F)(F)C1CCCN(CCCBr)C1. The fraction of sp³-hybridized carbons (Fsp3) is 1.00. The van der Waals surface area contributed by atoms with Gasteiger partial charge >= 0.3 is 6.18 Å². The maximum absolute atomic E-state index is 12.4. The van der Waals surface area contributed by atoms with E-state index in [2.05, 4.69) is 15.9 Å². The monoisotopic (exact) mass is 273 g/mol. The molecule has 0 radical (unpaired) electrons. The maximum atomic E-state index is 12.4. The molecule has 0 spiro atoms. The van der Waals surface area contributed by atoms with Crippen molar-refractivity contribution in [3.8, 4) is 0 Å². The number of hydrogen-bond acceptors (Lipinski definition) is 1. The second-order valence-electron chi connectivity index (χ2n) is 3.72. The Balaban J connectivity index is 2.36. The van der Waals surface area contributed by atoms with E-state index in [4.69, 9.17) is 0 Å². The Labute approximate surface area is 90.8 Å². The Kier molecular flexibility index (Phi) is 4.70. The molecule has 1 aliphatic rings. The van der Waals surface area contributed by atoms with Gasteiger partial charge in [-0.25, -0.2) is 0 Å². The van der Waals surface area contributed by atoms with E-state index in [-0.39, 0.29) is 6.54 Å². The van der Waals surface area contributed by atoms with Gasteiger partial charge in [0, 0.05) is 11.9 Å². The Morgan fingerprint density at radius 2 is 2.07 bits per heavy atom. The summed E-state index contributed by atoms with van der Waals surface area (Å²) in [7, 11) is 0. The molecule has 0 aromatic rings. The van der Waals surface area contributed by atoms with Crippen LogP contribution < -0.4 is 0 Å². The normalized spacial score (nSPS) is 25.3. The number of hydrogen-bond donors (Lipinski definition) is 0. The molecule has 1 aliphatic heterocycles. The average Bonchev–Trinajstić information content (AvgIpc) is 2.14. The fourth-order valence-electron chi connectivity index (χ4n) is 1.81. The van der Waals surface area contributed by atoms with E-state index in [1.54, 1.807) is 0 Å². The minimum atomic E-state index is -4.01. The number of nitrogens with zero attached hydrogens (tertiary/aromatic N) is 1. The van der Waals surface area contributed by atoms with Crippen LogP contribution >= 0.6 is 15.9 Å². The van der Waals surface area contributed by atoms with Gasteiger partial charge in [0.15, 0.2) is 0 Å². The summed E-state index contributed by atoms with van der Waals surface area (Å²) in [6.45, 7) is 1.79. The molecule has 84 valence electrons.